The van der Waals surface area contributed by atoms with Crippen molar-refractivity contribution < 1.29 is 19.0 Å². The molecule has 0 saturated heterocycles. The van der Waals surface area contributed by atoms with Crippen LogP contribution in [0, 0.1) is 5.82 Å². The van der Waals surface area contributed by atoms with Gasteiger partial charge in [-0.1, -0.05) is 12.1 Å². The van der Waals surface area contributed by atoms with Crippen LogP contribution < -0.4 is 4.74 Å². The molecule has 0 spiro atoms. The number of halogens is 1. The Hall–Kier alpha value is -2.34. The maximum absolute atomic E-state index is 13.1. The normalized spacial score (nSPS) is 16.8. The number of carboxylic acids is 1. The standard InChI is InChI=1S/C18H16FNO3S/c1-2-23-13-7-8-14-16(9-13)24-17(18(21)22)10-15(20-14)11-3-5-12(19)6-4-11/h3-9,17H,2,10H2,1H3,(H,21,22). The van der Waals surface area contributed by atoms with E-state index in [9.17, 15) is 14.3 Å². The van der Waals surface area contributed by atoms with E-state index in [1.807, 2.05) is 25.1 Å². The first-order valence-electron chi connectivity index (χ1n) is 7.56. The highest BCUT2D eigenvalue weighted by molar-refractivity contribution is 8.00. The lowest BCUT2D eigenvalue weighted by molar-refractivity contribution is -0.136. The van der Waals surface area contributed by atoms with Crippen molar-refractivity contribution in [2.75, 3.05) is 6.61 Å². The van der Waals surface area contributed by atoms with E-state index in [1.165, 1.54) is 23.9 Å². The minimum atomic E-state index is -0.899. The Balaban J connectivity index is 2.05. The fourth-order valence-corrected chi connectivity index (χ4v) is 3.53. The lowest BCUT2D eigenvalue weighted by Crippen LogP contribution is -2.20. The molecular weight excluding hydrogens is 329 g/mol. The molecule has 0 aromatic heterocycles. The first kappa shape index (κ1) is 16.5. The van der Waals surface area contributed by atoms with Crippen LogP contribution in [0.15, 0.2) is 52.4 Å². The molecule has 1 aliphatic heterocycles. The molecule has 1 N–H and O–H groups in total. The fourth-order valence-electron chi connectivity index (χ4n) is 2.46. The van der Waals surface area contributed by atoms with Crippen molar-refractivity contribution in [2.24, 2.45) is 4.99 Å². The van der Waals surface area contributed by atoms with Crippen LogP contribution in [0.1, 0.15) is 18.9 Å². The van der Waals surface area contributed by atoms with Crippen LogP contribution in [0.5, 0.6) is 5.75 Å². The predicted molar refractivity (Wildman–Crippen MR) is 92.1 cm³/mol. The fraction of sp³-hybridized carbons (Fsp3) is 0.222. The molecule has 1 unspecified atom stereocenters. The minimum absolute atomic E-state index is 0.268. The van der Waals surface area contributed by atoms with E-state index in [1.54, 1.807) is 12.1 Å². The third-order valence-corrected chi connectivity index (χ3v) is 4.83. The molecule has 0 radical (unpaired) electrons. The Morgan fingerprint density at radius 1 is 1.33 bits per heavy atom. The Kier molecular flexibility index (Phi) is 4.85. The van der Waals surface area contributed by atoms with Crippen LogP contribution in [0.25, 0.3) is 0 Å². The molecular formula is C18H16FNO3S. The number of benzene rings is 2. The quantitative estimate of drug-likeness (QED) is 0.898. The van der Waals surface area contributed by atoms with Crippen LogP contribution in [0.4, 0.5) is 10.1 Å². The molecule has 6 heteroatoms. The Bertz CT molecular complexity index is 789. The molecule has 1 heterocycles. The highest BCUT2D eigenvalue weighted by Crippen LogP contribution is 2.40. The number of carbonyl (C=O) groups is 1. The molecule has 2 aromatic rings. The van der Waals surface area contributed by atoms with Crippen LogP contribution in [0.2, 0.25) is 0 Å². The number of hydrogen-bond donors (Lipinski definition) is 1. The van der Waals surface area contributed by atoms with Crippen LogP contribution in [-0.2, 0) is 4.79 Å². The van der Waals surface area contributed by atoms with Gasteiger partial charge in [0.05, 0.1) is 18.0 Å². The topological polar surface area (TPSA) is 58.9 Å². The summed E-state index contributed by atoms with van der Waals surface area (Å²) < 4.78 is 18.6. The van der Waals surface area contributed by atoms with Gasteiger partial charge in [-0.2, -0.15) is 0 Å². The van der Waals surface area contributed by atoms with Crippen molar-refractivity contribution in [2.45, 2.75) is 23.5 Å². The van der Waals surface area contributed by atoms with Crippen LogP contribution in [0.3, 0.4) is 0 Å². The first-order chi connectivity index (χ1) is 11.6. The zero-order chi connectivity index (χ0) is 17.1. The summed E-state index contributed by atoms with van der Waals surface area (Å²) in [7, 11) is 0. The molecule has 2 aromatic carbocycles. The summed E-state index contributed by atoms with van der Waals surface area (Å²) in [4.78, 5) is 17.0. The number of thioether (sulfide) groups is 1. The molecule has 1 aliphatic rings. The van der Waals surface area contributed by atoms with Gasteiger partial charge in [0.15, 0.2) is 0 Å². The molecule has 0 fully saturated rings. The number of fused-ring (bicyclic) bond motifs is 1. The lowest BCUT2D eigenvalue weighted by atomic mass is 10.1. The number of rotatable bonds is 4. The average Bonchev–Trinajstić information content (AvgIpc) is 2.75. The molecule has 0 aliphatic carbocycles. The van der Waals surface area contributed by atoms with E-state index in [2.05, 4.69) is 4.99 Å². The van der Waals surface area contributed by atoms with E-state index in [4.69, 9.17) is 4.74 Å². The summed E-state index contributed by atoms with van der Waals surface area (Å²) in [6.07, 6.45) is 0.268. The summed E-state index contributed by atoms with van der Waals surface area (Å²) >= 11 is 1.26. The second-order valence-electron chi connectivity index (χ2n) is 5.28. The smallest absolute Gasteiger partial charge is 0.317 e. The van der Waals surface area contributed by atoms with Gasteiger partial charge in [0.1, 0.15) is 16.8 Å². The number of hydrogen-bond acceptors (Lipinski definition) is 4. The van der Waals surface area contributed by atoms with Gasteiger partial charge in [0.25, 0.3) is 0 Å². The van der Waals surface area contributed by atoms with E-state index < -0.39 is 11.2 Å². The van der Waals surface area contributed by atoms with Crippen LogP contribution in [-0.4, -0.2) is 28.6 Å². The summed E-state index contributed by atoms with van der Waals surface area (Å²) in [5.41, 5.74) is 2.06. The largest absolute Gasteiger partial charge is 0.494 e. The van der Waals surface area contributed by atoms with Gasteiger partial charge >= 0.3 is 5.97 Å². The second kappa shape index (κ2) is 7.05. The van der Waals surface area contributed by atoms with E-state index >= 15 is 0 Å². The van der Waals surface area contributed by atoms with Crippen molar-refractivity contribution in [1.82, 2.24) is 0 Å². The van der Waals surface area contributed by atoms with Crippen molar-refractivity contribution in [1.29, 1.82) is 0 Å². The van der Waals surface area contributed by atoms with Gasteiger partial charge < -0.3 is 9.84 Å². The molecule has 3 rings (SSSR count). The van der Waals surface area contributed by atoms with Gasteiger partial charge in [-0.3, -0.25) is 9.79 Å². The van der Waals surface area contributed by atoms with Crippen molar-refractivity contribution >= 4 is 29.1 Å². The summed E-state index contributed by atoms with van der Waals surface area (Å²) in [6.45, 7) is 2.43. The minimum Gasteiger partial charge on any atom is -0.494 e. The van der Waals surface area contributed by atoms with E-state index in [0.717, 1.165) is 10.5 Å². The third kappa shape index (κ3) is 3.59. The van der Waals surface area contributed by atoms with Gasteiger partial charge in [0, 0.05) is 11.3 Å². The van der Waals surface area contributed by atoms with Crippen molar-refractivity contribution in [3.8, 4) is 5.75 Å². The summed E-state index contributed by atoms with van der Waals surface area (Å²) in [5.74, 6) is -0.545. The Morgan fingerprint density at radius 3 is 2.75 bits per heavy atom. The zero-order valence-corrected chi connectivity index (χ0v) is 13.8. The number of ether oxygens (including phenoxy) is 1. The number of aliphatic imine (C=N–C) groups is 1. The highest BCUT2D eigenvalue weighted by Gasteiger charge is 2.26. The number of nitrogens with zero attached hydrogens (tertiary/aromatic N) is 1. The molecule has 24 heavy (non-hydrogen) atoms. The SMILES string of the molecule is CCOc1ccc2c(c1)SC(C(=O)O)CC(c1ccc(F)cc1)=N2. The molecule has 124 valence electrons. The Labute approximate surface area is 143 Å². The number of carboxylic acid groups (broad SMARTS) is 1. The number of aliphatic carboxylic acids is 1. The highest BCUT2D eigenvalue weighted by atomic mass is 32.2. The van der Waals surface area contributed by atoms with Gasteiger partial charge in [-0.25, -0.2) is 4.39 Å². The molecule has 0 saturated carbocycles. The maximum atomic E-state index is 13.1. The average molecular weight is 345 g/mol. The summed E-state index contributed by atoms with van der Waals surface area (Å²) in [5, 5.41) is 8.84. The van der Waals surface area contributed by atoms with E-state index in [0.29, 0.717) is 23.8 Å². The van der Waals surface area contributed by atoms with Crippen LogP contribution >= 0.6 is 11.8 Å². The molecule has 1 atom stereocenters. The summed E-state index contributed by atoms with van der Waals surface area (Å²) in [6, 6.07) is 11.4. The van der Waals surface area contributed by atoms with Gasteiger partial charge in [-0.15, -0.1) is 11.8 Å². The Morgan fingerprint density at radius 2 is 2.08 bits per heavy atom. The predicted octanol–water partition coefficient (Wildman–Crippen LogP) is 4.29. The van der Waals surface area contributed by atoms with Gasteiger partial charge in [0.2, 0.25) is 0 Å². The van der Waals surface area contributed by atoms with Crippen molar-refractivity contribution in [3.05, 3.63) is 53.8 Å². The van der Waals surface area contributed by atoms with Gasteiger partial charge in [-0.05, 0) is 42.8 Å². The monoisotopic (exact) mass is 345 g/mol. The maximum Gasteiger partial charge on any atom is 0.317 e. The molecule has 4 nitrogen and oxygen atoms in total. The first-order valence-corrected chi connectivity index (χ1v) is 8.44. The molecule has 0 amide bonds. The molecule has 0 bridgehead atoms. The second-order valence-corrected chi connectivity index (χ2v) is 6.52. The lowest BCUT2D eigenvalue weighted by Gasteiger charge is -2.11. The third-order valence-electron chi connectivity index (χ3n) is 3.60. The van der Waals surface area contributed by atoms with E-state index in [-0.39, 0.29) is 12.2 Å². The zero-order valence-electron chi connectivity index (χ0n) is 13.0. The van der Waals surface area contributed by atoms with Crippen molar-refractivity contribution in [3.63, 3.8) is 0 Å².